The molecule has 0 unspecified atom stereocenters. The standard InChI is InChI=1S/C14H17NO6/c16-9(17)4-3-8(14(20)21)15-12(18)10-6-1-2-7(5-6)11(10)13(15)19/h6-8,10-11H,1-5H2,(H,16,17)(H,20,21)/t6-,7-,8+,10-,11-/m1/s1. The van der Waals surface area contributed by atoms with Gasteiger partial charge in [-0.15, -0.1) is 0 Å². The first-order chi connectivity index (χ1) is 9.91. The zero-order valence-electron chi connectivity index (χ0n) is 11.4. The van der Waals surface area contributed by atoms with Crippen molar-refractivity contribution in [2.45, 2.75) is 38.1 Å². The third kappa shape index (κ3) is 2.02. The fourth-order valence-corrected chi connectivity index (χ4v) is 4.36. The maximum atomic E-state index is 12.5. The van der Waals surface area contributed by atoms with Gasteiger partial charge < -0.3 is 10.2 Å². The van der Waals surface area contributed by atoms with Crippen molar-refractivity contribution in [1.29, 1.82) is 0 Å². The summed E-state index contributed by atoms with van der Waals surface area (Å²) in [7, 11) is 0. The Kier molecular flexibility index (Phi) is 3.22. The van der Waals surface area contributed by atoms with Gasteiger partial charge in [-0.05, 0) is 37.5 Å². The van der Waals surface area contributed by atoms with Gasteiger partial charge in [0.15, 0.2) is 0 Å². The first-order valence-electron chi connectivity index (χ1n) is 7.23. The second-order valence-corrected chi connectivity index (χ2v) is 6.22. The molecule has 3 rings (SSSR count). The maximum Gasteiger partial charge on any atom is 0.326 e. The van der Waals surface area contributed by atoms with Gasteiger partial charge in [0, 0.05) is 6.42 Å². The molecule has 1 aliphatic heterocycles. The van der Waals surface area contributed by atoms with Crippen molar-refractivity contribution in [2.24, 2.45) is 23.7 Å². The van der Waals surface area contributed by atoms with Crippen molar-refractivity contribution >= 4 is 23.8 Å². The topological polar surface area (TPSA) is 112 Å². The number of hydrogen-bond acceptors (Lipinski definition) is 4. The number of imide groups is 1. The smallest absolute Gasteiger partial charge is 0.326 e. The van der Waals surface area contributed by atoms with E-state index in [2.05, 4.69) is 0 Å². The summed E-state index contributed by atoms with van der Waals surface area (Å²) in [6, 6.07) is -1.36. The van der Waals surface area contributed by atoms with Gasteiger partial charge in [-0.3, -0.25) is 19.3 Å². The van der Waals surface area contributed by atoms with Gasteiger partial charge in [0.2, 0.25) is 11.8 Å². The van der Waals surface area contributed by atoms with E-state index in [-0.39, 0.29) is 36.5 Å². The number of likely N-dealkylation sites (tertiary alicyclic amines) is 1. The zero-order valence-corrected chi connectivity index (χ0v) is 11.4. The molecule has 1 heterocycles. The molecule has 21 heavy (non-hydrogen) atoms. The average Bonchev–Trinajstić information content (AvgIpc) is 3.06. The van der Waals surface area contributed by atoms with E-state index in [1.165, 1.54) is 0 Å². The number of amides is 2. The summed E-state index contributed by atoms with van der Waals surface area (Å²) in [4.78, 5) is 47.8. The van der Waals surface area contributed by atoms with Crippen LogP contribution in [0.3, 0.4) is 0 Å². The van der Waals surface area contributed by atoms with Crippen LogP contribution in [-0.2, 0) is 19.2 Å². The zero-order chi connectivity index (χ0) is 15.3. The summed E-state index contributed by atoms with van der Waals surface area (Å²) < 4.78 is 0. The van der Waals surface area contributed by atoms with Crippen LogP contribution in [-0.4, -0.2) is 44.9 Å². The van der Waals surface area contributed by atoms with E-state index in [0.29, 0.717) is 0 Å². The van der Waals surface area contributed by atoms with Crippen molar-refractivity contribution in [3.05, 3.63) is 0 Å². The Morgan fingerprint density at radius 1 is 1.10 bits per heavy atom. The molecule has 3 aliphatic rings. The molecule has 2 aliphatic carbocycles. The maximum absolute atomic E-state index is 12.5. The van der Waals surface area contributed by atoms with Gasteiger partial charge >= 0.3 is 11.9 Å². The molecule has 2 N–H and O–H groups in total. The number of carboxylic acid groups (broad SMARTS) is 2. The van der Waals surface area contributed by atoms with Crippen LogP contribution in [0, 0.1) is 23.7 Å². The van der Waals surface area contributed by atoms with Crippen LogP contribution in [0.2, 0.25) is 0 Å². The Hall–Kier alpha value is -1.92. The van der Waals surface area contributed by atoms with Gasteiger partial charge in [-0.1, -0.05) is 0 Å². The fraction of sp³-hybridized carbons (Fsp3) is 0.714. The normalized spacial score (nSPS) is 35.1. The highest BCUT2D eigenvalue weighted by Gasteiger charge is 2.62. The van der Waals surface area contributed by atoms with Crippen LogP contribution >= 0.6 is 0 Å². The minimum atomic E-state index is -1.36. The minimum Gasteiger partial charge on any atom is -0.481 e. The molecule has 0 aromatic rings. The Labute approximate surface area is 120 Å². The largest absolute Gasteiger partial charge is 0.481 e. The SMILES string of the molecule is O=C(O)CC[C@@H](C(=O)O)N1C(=O)[C@@H]2[C@@H]3CC[C@H](C3)[C@H]2C1=O. The molecular formula is C14H17NO6. The first-order valence-corrected chi connectivity index (χ1v) is 7.23. The van der Waals surface area contributed by atoms with Gasteiger partial charge in [-0.25, -0.2) is 4.79 Å². The highest BCUT2D eigenvalue weighted by atomic mass is 16.4. The lowest BCUT2D eigenvalue weighted by molar-refractivity contribution is -0.156. The fourth-order valence-electron chi connectivity index (χ4n) is 4.36. The molecule has 7 heteroatoms. The predicted octanol–water partition coefficient (Wildman–Crippen LogP) is 0.335. The lowest BCUT2D eigenvalue weighted by atomic mass is 9.81. The predicted molar refractivity (Wildman–Crippen MR) is 68.0 cm³/mol. The van der Waals surface area contributed by atoms with Crippen molar-refractivity contribution in [3.63, 3.8) is 0 Å². The molecule has 0 radical (unpaired) electrons. The molecule has 1 saturated heterocycles. The van der Waals surface area contributed by atoms with E-state index in [9.17, 15) is 24.3 Å². The Morgan fingerprint density at radius 2 is 1.62 bits per heavy atom. The van der Waals surface area contributed by atoms with E-state index in [1.54, 1.807) is 0 Å². The second-order valence-electron chi connectivity index (χ2n) is 6.22. The Bertz CT molecular complexity index is 502. The monoisotopic (exact) mass is 295 g/mol. The van der Waals surface area contributed by atoms with E-state index in [4.69, 9.17) is 5.11 Å². The summed E-state index contributed by atoms with van der Waals surface area (Å²) in [5, 5.41) is 17.9. The van der Waals surface area contributed by atoms with Gasteiger partial charge in [0.05, 0.1) is 11.8 Å². The molecule has 0 aromatic heterocycles. The van der Waals surface area contributed by atoms with Crippen LogP contribution in [0.4, 0.5) is 0 Å². The molecule has 0 spiro atoms. The van der Waals surface area contributed by atoms with Crippen LogP contribution in [0.15, 0.2) is 0 Å². The summed E-state index contributed by atoms with van der Waals surface area (Å²) in [5.74, 6) is -3.63. The molecule has 7 nitrogen and oxygen atoms in total. The second kappa shape index (κ2) is 4.82. The molecule has 3 fully saturated rings. The third-order valence-corrected chi connectivity index (χ3v) is 5.19. The highest BCUT2D eigenvalue weighted by molar-refractivity contribution is 6.08. The van der Waals surface area contributed by atoms with Crippen molar-refractivity contribution in [3.8, 4) is 0 Å². The summed E-state index contributed by atoms with van der Waals surface area (Å²) >= 11 is 0. The highest BCUT2D eigenvalue weighted by Crippen LogP contribution is 2.56. The summed E-state index contributed by atoms with van der Waals surface area (Å²) in [5.41, 5.74) is 0. The molecule has 114 valence electrons. The van der Waals surface area contributed by atoms with Crippen molar-refractivity contribution in [1.82, 2.24) is 4.90 Å². The first kappa shape index (κ1) is 14.0. The number of aliphatic carboxylic acids is 2. The Balaban J connectivity index is 1.84. The van der Waals surface area contributed by atoms with E-state index < -0.39 is 29.8 Å². The number of rotatable bonds is 5. The lowest BCUT2D eigenvalue weighted by Crippen LogP contribution is -2.46. The molecule has 2 saturated carbocycles. The van der Waals surface area contributed by atoms with Crippen LogP contribution < -0.4 is 0 Å². The number of carbonyl (C=O) groups is 4. The van der Waals surface area contributed by atoms with Crippen LogP contribution in [0.1, 0.15) is 32.1 Å². The van der Waals surface area contributed by atoms with Crippen LogP contribution in [0.25, 0.3) is 0 Å². The molecular weight excluding hydrogens is 278 g/mol. The van der Waals surface area contributed by atoms with Crippen LogP contribution in [0.5, 0.6) is 0 Å². The molecule has 2 amide bonds. The van der Waals surface area contributed by atoms with E-state index >= 15 is 0 Å². The number of fused-ring (bicyclic) bond motifs is 5. The van der Waals surface area contributed by atoms with Crippen molar-refractivity contribution < 1.29 is 29.4 Å². The summed E-state index contributed by atoms with van der Waals surface area (Å²) in [6.07, 6.45) is 2.11. The Morgan fingerprint density at radius 3 is 2.05 bits per heavy atom. The number of nitrogens with zero attached hydrogens (tertiary/aromatic N) is 1. The quantitative estimate of drug-likeness (QED) is 0.707. The number of carboxylic acids is 2. The minimum absolute atomic E-state index is 0.190. The number of hydrogen-bond donors (Lipinski definition) is 2. The van der Waals surface area contributed by atoms with E-state index in [0.717, 1.165) is 24.2 Å². The molecule has 5 atom stereocenters. The van der Waals surface area contributed by atoms with Gasteiger partial charge in [0.1, 0.15) is 6.04 Å². The third-order valence-electron chi connectivity index (χ3n) is 5.19. The average molecular weight is 295 g/mol. The van der Waals surface area contributed by atoms with Crippen molar-refractivity contribution in [2.75, 3.05) is 0 Å². The lowest BCUT2D eigenvalue weighted by Gasteiger charge is -2.23. The summed E-state index contributed by atoms with van der Waals surface area (Å²) in [6.45, 7) is 0. The van der Waals surface area contributed by atoms with E-state index in [1.807, 2.05) is 0 Å². The molecule has 2 bridgehead atoms. The van der Waals surface area contributed by atoms with Gasteiger partial charge in [-0.2, -0.15) is 0 Å². The molecule has 0 aromatic carbocycles. The van der Waals surface area contributed by atoms with Gasteiger partial charge in [0.25, 0.3) is 0 Å². The number of carbonyl (C=O) groups excluding carboxylic acids is 2.